The second-order valence-corrected chi connectivity index (χ2v) is 12.3. The zero-order chi connectivity index (χ0) is 28.3. The minimum Gasteiger partial charge on any atom is -0.444 e. The first-order valence-corrected chi connectivity index (χ1v) is 15.0. The summed E-state index contributed by atoms with van der Waals surface area (Å²) in [5, 5.41) is 8.54. The first-order chi connectivity index (χ1) is 18.6. The third-order valence-electron chi connectivity index (χ3n) is 7.18. The Morgan fingerprint density at radius 1 is 0.949 bits per heavy atom. The van der Waals surface area contributed by atoms with E-state index >= 15 is 0 Å². The summed E-state index contributed by atoms with van der Waals surface area (Å²) < 4.78 is 5.41. The minimum atomic E-state index is -0.430. The number of carbonyl (C=O) groups excluding carboxylic acids is 1. The standard InChI is InChI=1S/C17H25ClN2O2.C14H21ClN2/c1-17(2,3)22-16(21)20-10-8-15(9-11-20)19-12-13-4-6-14(18)7-5-13;1-2-17(14-7-9-16-10-8-14)11-12-3-5-13(15)6-4-12/h4-7,15,19H,8-12H2,1-3H3;3-6,14,16H,2,7-11H2,1H3. The highest BCUT2D eigenvalue weighted by Gasteiger charge is 2.26. The van der Waals surface area contributed by atoms with Crippen molar-refractivity contribution in [3.63, 3.8) is 0 Å². The molecule has 2 aromatic carbocycles. The van der Waals surface area contributed by atoms with Crippen molar-refractivity contribution in [1.82, 2.24) is 20.4 Å². The quantitative estimate of drug-likeness (QED) is 0.382. The number of likely N-dealkylation sites (tertiary alicyclic amines) is 1. The van der Waals surface area contributed by atoms with Crippen LogP contribution < -0.4 is 10.6 Å². The lowest BCUT2D eigenvalue weighted by molar-refractivity contribution is 0.0198. The molecule has 0 spiro atoms. The molecule has 2 aromatic rings. The number of hydrogen-bond donors (Lipinski definition) is 2. The Bertz CT molecular complexity index is 981. The van der Waals surface area contributed by atoms with E-state index in [1.165, 1.54) is 24.0 Å². The Balaban J connectivity index is 0.000000223. The number of benzene rings is 2. The fraction of sp³-hybridized carbons (Fsp3) is 0.581. The predicted octanol–water partition coefficient (Wildman–Crippen LogP) is 6.74. The molecular formula is C31H46Cl2N4O2. The van der Waals surface area contributed by atoms with Crippen LogP contribution in [0.2, 0.25) is 10.0 Å². The summed E-state index contributed by atoms with van der Waals surface area (Å²) in [6.45, 7) is 14.7. The Labute approximate surface area is 245 Å². The lowest BCUT2D eigenvalue weighted by atomic mass is 10.0. The molecule has 0 aliphatic carbocycles. The van der Waals surface area contributed by atoms with E-state index in [1.54, 1.807) is 4.90 Å². The van der Waals surface area contributed by atoms with Crippen molar-refractivity contribution in [1.29, 1.82) is 0 Å². The van der Waals surface area contributed by atoms with Crippen LogP contribution in [-0.4, -0.2) is 66.3 Å². The molecule has 0 aromatic heterocycles. The van der Waals surface area contributed by atoms with Crippen LogP contribution in [0.5, 0.6) is 0 Å². The minimum absolute atomic E-state index is 0.205. The van der Waals surface area contributed by atoms with Crippen molar-refractivity contribution in [3.05, 3.63) is 69.7 Å². The van der Waals surface area contributed by atoms with E-state index in [0.29, 0.717) is 6.04 Å². The van der Waals surface area contributed by atoms with Crippen LogP contribution in [0, 0.1) is 0 Å². The third kappa shape index (κ3) is 11.7. The van der Waals surface area contributed by atoms with Crippen LogP contribution in [0.15, 0.2) is 48.5 Å². The Morgan fingerprint density at radius 2 is 1.49 bits per heavy atom. The van der Waals surface area contributed by atoms with Crippen LogP contribution in [0.1, 0.15) is 64.5 Å². The molecule has 2 fully saturated rings. The van der Waals surface area contributed by atoms with Gasteiger partial charge >= 0.3 is 6.09 Å². The van der Waals surface area contributed by atoms with Gasteiger partial charge in [0.25, 0.3) is 0 Å². The van der Waals surface area contributed by atoms with Crippen molar-refractivity contribution in [2.45, 2.75) is 84.2 Å². The molecule has 2 saturated heterocycles. The fourth-order valence-corrected chi connectivity index (χ4v) is 5.20. The molecule has 2 aliphatic rings. The van der Waals surface area contributed by atoms with E-state index in [9.17, 15) is 4.79 Å². The van der Waals surface area contributed by atoms with E-state index in [1.807, 2.05) is 57.2 Å². The lowest BCUT2D eigenvalue weighted by Crippen LogP contribution is -2.46. The second-order valence-electron chi connectivity index (χ2n) is 11.4. The Morgan fingerprint density at radius 3 is 2.00 bits per heavy atom. The van der Waals surface area contributed by atoms with Gasteiger partial charge in [0, 0.05) is 48.3 Å². The average molecular weight is 578 g/mol. The monoisotopic (exact) mass is 576 g/mol. The summed E-state index contributed by atoms with van der Waals surface area (Å²) in [6, 6.07) is 17.3. The summed E-state index contributed by atoms with van der Waals surface area (Å²) in [5.41, 5.74) is 2.15. The van der Waals surface area contributed by atoms with Crippen LogP contribution >= 0.6 is 23.2 Å². The first kappa shape index (κ1) is 31.7. The zero-order valence-electron chi connectivity index (χ0n) is 24.0. The van der Waals surface area contributed by atoms with Crippen LogP contribution in [-0.2, 0) is 17.8 Å². The van der Waals surface area contributed by atoms with Crippen molar-refractivity contribution in [2.75, 3.05) is 32.7 Å². The van der Waals surface area contributed by atoms with Gasteiger partial charge in [-0.05, 0) is 101 Å². The maximum atomic E-state index is 12.0. The van der Waals surface area contributed by atoms with E-state index < -0.39 is 5.60 Å². The van der Waals surface area contributed by atoms with E-state index in [0.717, 1.165) is 74.7 Å². The largest absolute Gasteiger partial charge is 0.444 e. The molecule has 39 heavy (non-hydrogen) atoms. The normalized spacial score (nSPS) is 17.1. The molecular weight excluding hydrogens is 531 g/mol. The molecule has 0 atom stereocenters. The molecule has 6 nitrogen and oxygen atoms in total. The molecule has 2 heterocycles. The number of rotatable bonds is 7. The van der Waals surface area contributed by atoms with Gasteiger partial charge in [-0.3, -0.25) is 4.90 Å². The van der Waals surface area contributed by atoms with Gasteiger partial charge in [-0.1, -0.05) is 54.4 Å². The van der Waals surface area contributed by atoms with Crippen molar-refractivity contribution in [3.8, 4) is 0 Å². The topological polar surface area (TPSA) is 56.8 Å². The summed E-state index contributed by atoms with van der Waals surface area (Å²) in [4.78, 5) is 16.4. The molecule has 0 radical (unpaired) electrons. The first-order valence-electron chi connectivity index (χ1n) is 14.3. The highest BCUT2D eigenvalue weighted by Crippen LogP contribution is 2.18. The average Bonchev–Trinajstić information content (AvgIpc) is 2.92. The molecule has 216 valence electrons. The molecule has 0 bridgehead atoms. The molecule has 0 saturated carbocycles. The number of amides is 1. The van der Waals surface area contributed by atoms with Gasteiger partial charge in [-0.25, -0.2) is 4.79 Å². The van der Waals surface area contributed by atoms with E-state index in [-0.39, 0.29) is 6.09 Å². The number of hydrogen-bond acceptors (Lipinski definition) is 5. The number of carbonyl (C=O) groups is 1. The molecule has 8 heteroatoms. The van der Waals surface area contributed by atoms with Crippen molar-refractivity contribution < 1.29 is 9.53 Å². The van der Waals surface area contributed by atoms with Crippen molar-refractivity contribution >= 4 is 29.3 Å². The van der Waals surface area contributed by atoms with E-state index in [2.05, 4.69) is 34.6 Å². The smallest absolute Gasteiger partial charge is 0.410 e. The van der Waals surface area contributed by atoms with E-state index in [4.69, 9.17) is 27.9 Å². The summed E-state index contributed by atoms with van der Waals surface area (Å²) in [7, 11) is 0. The number of halogens is 2. The van der Waals surface area contributed by atoms with Crippen LogP contribution in [0.25, 0.3) is 0 Å². The Kier molecular flexibility index (Phi) is 12.9. The molecule has 2 N–H and O–H groups in total. The lowest BCUT2D eigenvalue weighted by Gasteiger charge is -2.33. The number of piperidine rings is 2. The SMILES string of the molecule is CC(C)(C)OC(=O)N1CCC(NCc2ccc(Cl)cc2)CC1.CCN(Cc1ccc(Cl)cc1)C1CCNCC1. The number of nitrogens with zero attached hydrogens (tertiary/aromatic N) is 2. The predicted molar refractivity (Wildman–Crippen MR) is 163 cm³/mol. The maximum Gasteiger partial charge on any atom is 0.410 e. The number of ether oxygens (including phenoxy) is 1. The second kappa shape index (κ2) is 15.8. The molecule has 0 unspecified atom stereocenters. The van der Waals surface area contributed by atoms with Gasteiger partial charge in [0.15, 0.2) is 0 Å². The highest BCUT2D eigenvalue weighted by atomic mass is 35.5. The maximum absolute atomic E-state index is 12.0. The molecule has 1 amide bonds. The Hall–Kier alpha value is -1.83. The number of nitrogens with one attached hydrogen (secondary N) is 2. The van der Waals surface area contributed by atoms with Crippen LogP contribution in [0.3, 0.4) is 0 Å². The van der Waals surface area contributed by atoms with Crippen molar-refractivity contribution in [2.24, 2.45) is 0 Å². The highest BCUT2D eigenvalue weighted by molar-refractivity contribution is 6.30. The summed E-state index contributed by atoms with van der Waals surface area (Å²) in [6.07, 6.45) is 4.23. The van der Waals surface area contributed by atoms with Gasteiger partial charge in [-0.15, -0.1) is 0 Å². The van der Waals surface area contributed by atoms with Gasteiger partial charge in [-0.2, -0.15) is 0 Å². The fourth-order valence-electron chi connectivity index (χ4n) is 4.95. The van der Waals surface area contributed by atoms with Crippen LogP contribution in [0.4, 0.5) is 4.79 Å². The van der Waals surface area contributed by atoms with Gasteiger partial charge in [0.2, 0.25) is 0 Å². The zero-order valence-corrected chi connectivity index (χ0v) is 25.5. The summed E-state index contributed by atoms with van der Waals surface area (Å²) in [5.74, 6) is 0. The van der Waals surface area contributed by atoms with Gasteiger partial charge in [0.1, 0.15) is 5.60 Å². The van der Waals surface area contributed by atoms with Gasteiger partial charge in [0.05, 0.1) is 0 Å². The summed E-state index contributed by atoms with van der Waals surface area (Å²) >= 11 is 11.8. The van der Waals surface area contributed by atoms with Gasteiger partial charge < -0.3 is 20.3 Å². The molecule has 2 aliphatic heterocycles. The third-order valence-corrected chi connectivity index (χ3v) is 7.69. The molecule has 4 rings (SSSR count).